The summed E-state index contributed by atoms with van der Waals surface area (Å²) in [4.78, 5) is 0. The lowest BCUT2D eigenvalue weighted by molar-refractivity contribution is -0.0429. The first-order valence-corrected chi connectivity index (χ1v) is 6.40. The number of halogens is 3. The summed E-state index contributed by atoms with van der Waals surface area (Å²) in [5, 5.41) is 3.32. The number of alkyl halides is 3. The second-order valence-corrected chi connectivity index (χ2v) is 6.46. The second-order valence-electron chi connectivity index (χ2n) is 4.79. The largest absolute Gasteiger partial charge is 0.516 e. The molecule has 0 amide bonds. The fourth-order valence-electron chi connectivity index (χ4n) is 1.32. The van der Waals surface area contributed by atoms with E-state index >= 15 is 0 Å². The summed E-state index contributed by atoms with van der Waals surface area (Å²) in [6.07, 6.45) is 0. The molecule has 5 nitrogen and oxygen atoms in total. The van der Waals surface area contributed by atoms with Gasteiger partial charge in [0, 0.05) is 11.0 Å². The molecule has 0 aliphatic heterocycles. The summed E-state index contributed by atoms with van der Waals surface area (Å²) >= 11 is 0. The van der Waals surface area contributed by atoms with Crippen molar-refractivity contribution in [3.63, 3.8) is 0 Å². The van der Waals surface area contributed by atoms with E-state index in [0.29, 0.717) is 5.76 Å². The second kappa shape index (κ2) is 4.15. The van der Waals surface area contributed by atoms with Gasteiger partial charge in [0.25, 0.3) is 0 Å². The molecule has 1 heterocycles. The summed E-state index contributed by atoms with van der Waals surface area (Å²) in [6.45, 7) is 6.74. The van der Waals surface area contributed by atoms with Gasteiger partial charge in [0.1, 0.15) is 5.76 Å². The highest BCUT2D eigenvalue weighted by Gasteiger charge is 2.47. The average Bonchev–Trinajstić information content (AvgIpc) is 2.44. The smallest absolute Gasteiger partial charge is 0.358 e. The minimum Gasteiger partial charge on any atom is -0.358 e. The van der Waals surface area contributed by atoms with Crippen molar-refractivity contribution in [3.05, 3.63) is 11.3 Å². The molecule has 0 unspecified atom stereocenters. The maximum absolute atomic E-state index is 12.2. The van der Waals surface area contributed by atoms with E-state index in [0.717, 1.165) is 0 Å². The van der Waals surface area contributed by atoms with Crippen molar-refractivity contribution in [1.82, 2.24) is 5.16 Å². The Morgan fingerprint density at radius 3 is 2.06 bits per heavy atom. The first kappa shape index (κ1) is 14.8. The third kappa shape index (κ3) is 2.77. The fraction of sp³-hybridized carbons (Fsp3) is 0.667. The predicted molar refractivity (Wildman–Crippen MR) is 58.5 cm³/mol. The van der Waals surface area contributed by atoms with E-state index in [4.69, 9.17) is 4.52 Å². The van der Waals surface area contributed by atoms with Crippen LogP contribution in [0.4, 0.5) is 19.0 Å². The van der Waals surface area contributed by atoms with Gasteiger partial charge in [0.05, 0.1) is 0 Å². The maximum atomic E-state index is 12.2. The lowest BCUT2D eigenvalue weighted by Crippen LogP contribution is -2.30. The highest BCUT2D eigenvalue weighted by molar-refractivity contribution is 7.93. The Morgan fingerprint density at radius 2 is 1.72 bits per heavy atom. The normalized spacial score (nSPS) is 13.7. The summed E-state index contributed by atoms with van der Waals surface area (Å²) in [5.74, 6) is -0.125. The molecule has 0 aliphatic carbocycles. The quantitative estimate of drug-likeness (QED) is 0.906. The van der Waals surface area contributed by atoms with Crippen LogP contribution in [0.2, 0.25) is 0 Å². The Balaban J connectivity index is 3.13. The van der Waals surface area contributed by atoms with Crippen LogP contribution in [0.25, 0.3) is 0 Å². The van der Waals surface area contributed by atoms with E-state index in [2.05, 4.69) is 5.16 Å². The zero-order valence-electron chi connectivity index (χ0n) is 10.2. The molecule has 0 saturated carbocycles. The SMILES string of the molecule is Cc1c(NS(=O)(=O)C(F)(F)F)noc1C(C)(C)C. The molecular weight excluding hydrogens is 273 g/mol. The van der Waals surface area contributed by atoms with E-state index in [1.807, 2.05) is 0 Å². The molecule has 0 bridgehead atoms. The number of aromatic nitrogens is 1. The topological polar surface area (TPSA) is 72.2 Å². The van der Waals surface area contributed by atoms with E-state index in [9.17, 15) is 21.6 Å². The van der Waals surface area contributed by atoms with E-state index in [-0.39, 0.29) is 5.56 Å². The molecule has 1 aromatic rings. The molecule has 18 heavy (non-hydrogen) atoms. The molecule has 0 aromatic carbocycles. The molecule has 1 N–H and O–H groups in total. The van der Waals surface area contributed by atoms with Crippen LogP contribution in [0, 0.1) is 6.92 Å². The van der Waals surface area contributed by atoms with Crippen molar-refractivity contribution < 1.29 is 26.1 Å². The van der Waals surface area contributed by atoms with Crippen LogP contribution < -0.4 is 4.72 Å². The fourth-order valence-corrected chi connectivity index (χ4v) is 1.88. The molecule has 0 fully saturated rings. The number of rotatable bonds is 2. The number of nitrogens with one attached hydrogen (secondary N) is 1. The predicted octanol–water partition coefficient (Wildman–Crippen LogP) is 2.54. The van der Waals surface area contributed by atoms with Crippen LogP contribution in [-0.4, -0.2) is 19.1 Å². The van der Waals surface area contributed by atoms with Crippen LogP contribution in [0.15, 0.2) is 4.52 Å². The van der Waals surface area contributed by atoms with Crippen molar-refractivity contribution in [2.24, 2.45) is 0 Å². The Bertz CT molecular complexity index is 540. The van der Waals surface area contributed by atoms with Gasteiger partial charge in [-0.25, -0.2) is 0 Å². The monoisotopic (exact) mass is 286 g/mol. The summed E-state index contributed by atoms with van der Waals surface area (Å²) in [7, 11) is -5.48. The Morgan fingerprint density at radius 1 is 1.22 bits per heavy atom. The third-order valence-electron chi connectivity index (χ3n) is 2.14. The van der Waals surface area contributed by atoms with Crippen molar-refractivity contribution in [3.8, 4) is 0 Å². The number of nitrogens with zero attached hydrogens (tertiary/aromatic N) is 1. The van der Waals surface area contributed by atoms with Gasteiger partial charge in [0.2, 0.25) is 0 Å². The van der Waals surface area contributed by atoms with E-state index in [1.54, 1.807) is 20.8 Å². The zero-order valence-corrected chi connectivity index (χ0v) is 11.0. The minimum atomic E-state index is -5.48. The van der Waals surface area contributed by atoms with Gasteiger partial charge in [-0.2, -0.15) is 21.6 Å². The first-order chi connectivity index (χ1) is 7.86. The highest BCUT2D eigenvalue weighted by atomic mass is 32.2. The van der Waals surface area contributed by atoms with Crippen LogP contribution >= 0.6 is 0 Å². The van der Waals surface area contributed by atoms with Gasteiger partial charge < -0.3 is 4.52 Å². The summed E-state index contributed by atoms with van der Waals surface area (Å²) in [6, 6.07) is 0. The zero-order chi connectivity index (χ0) is 14.4. The molecule has 0 aliphatic rings. The first-order valence-electron chi connectivity index (χ1n) is 4.92. The van der Waals surface area contributed by atoms with Crippen LogP contribution in [0.5, 0.6) is 0 Å². The van der Waals surface area contributed by atoms with Crippen molar-refractivity contribution in [1.29, 1.82) is 0 Å². The number of anilines is 1. The Hall–Kier alpha value is -1.25. The lowest BCUT2D eigenvalue weighted by Gasteiger charge is -2.14. The summed E-state index contributed by atoms with van der Waals surface area (Å²) in [5.41, 5.74) is -5.64. The Labute approximate surface area is 102 Å². The third-order valence-corrected chi connectivity index (χ3v) is 3.21. The number of sulfonamides is 1. The van der Waals surface area contributed by atoms with Gasteiger partial charge in [-0.15, -0.1) is 0 Å². The minimum absolute atomic E-state index is 0.232. The van der Waals surface area contributed by atoms with E-state index < -0.39 is 26.8 Å². The Kier molecular flexibility index (Phi) is 3.41. The molecule has 0 radical (unpaired) electrons. The molecule has 9 heteroatoms. The molecule has 0 saturated heterocycles. The van der Waals surface area contributed by atoms with E-state index in [1.165, 1.54) is 11.6 Å². The molecule has 1 aromatic heterocycles. The molecule has 104 valence electrons. The average molecular weight is 286 g/mol. The lowest BCUT2D eigenvalue weighted by atomic mass is 9.91. The van der Waals surface area contributed by atoms with Crippen LogP contribution in [-0.2, 0) is 15.4 Å². The molecular formula is C9H13F3N2O3S. The van der Waals surface area contributed by atoms with Gasteiger partial charge in [-0.1, -0.05) is 25.9 Å². The number of hydrogen-bond donors (Lipinski definition) is 1. The molecule has 1 rings (SSSR count). The molecule has 0 atom stereocenters. The van der Waals surface area contributed by atoms with Crippen molar-refractivity contribution in [2.45, 2.75) is 38.6 Å². The molecule has 0 spiro atoms. The van der Waals surface area contributed by atoms with Gasteiger partial charge in [0.15, 0.2) is 5.82 Å². The standard InChI is InChI=1S/C9H13F3N2O3S/c1-5-6(8(2,3)4)17-13-7(5)14-18(15,16)9(10,11)12/h1-4H3,(H,13,14). The van der Waals surface area contributed by atoms with Crippen LogP contribution in [0.3, 0.4) is 0 Å². The van der Waals surface area contributed by atoms with Crippen molar-refractivity contribution >= 4 is 15.8 Å². The van der Waals surface area contributed by atoms with Gasteiger partial charge in [-0.3, -0.25) is 4.72 Å². The van der Waals surface area contributed by atoms with Gasteiger partial charge in [-0.05, 0) is 6.92 Å². The maximum Gasteiger partial charge on any atom is 0.516 e. The number of hydrogen-bond acceptors (Lipinski definition) is 4. The highest BCUT2D eigenvalue weighted by Crippen LogP contribution is 2.32. The van der Waals surface area contributed by atoms with Crippen LogP contribution in [0.1, 0.15) is 32.1 Å². The van der Waals surface area contributed by atoms with Gasteiger partial charge >= 0.3 is 15.5 Å². The van der Waals surface area contributed by atoms with Crippen molar-refractivity contribution in [2.75, 3.05) is 4.72 Å². The summed E-state index contributed by atoms with van der Waals surface area (Å²) < 4.78 is 64.6.